The minimum atomic E-state index is 0.739. The van der Waals surface area contributed by atoms with Gasteiger partial charge in [0.15, 0.2) is 0 Å². The number of unbranched alkanes of at least 4 members (excludes halogenated alkanes) is 3. The molecule has 0 aliphatic carbocycles. The zero-order chi connectivity index (χ0) is 15.6. The van der Waals surface area contributed by atoms with E-state index in [0.29, 0.717) is 0 Å². The van der Waals surface area contributed by atoms with Crippen molar-refractivity contribution in [2.75, 3.05) is 24.7 Å². The molecule has 4 heteroatoms. The number of nitrogen functional groups attached to an aromatic ring is 2. The van der Waals surface area contributed by atoms with Crippen LogP contribution in [0.2, 0.25) is 0 Å². The average Bonchev–Trinajstić information content (AvgIpc) is 2.53. The Morgan fingerprint density at radius 2 is 0.909 bits per heavy atom. The van der Waals surface area contributed by atoms with Gasteiger partial charge in [0.1, 0.15) is 11.5 Å². The van der Waals surface area contributed by atoms with Crippen molar-refractivity contribution in [1.82, 2.24) is 0 Å². The Balaban J connectivity index is 1.47. The van der Waals surface area contributed by atoms with E-state index in [1.54, 1.807) is 0 Å². The fourth-order valence-electron chi connectivity index (χ4n) is 2.07. The first-order valence-electron chi connectivity index (χ1n) is 7.71. The van der Waals surface area contributed by atoms with Crippen LogP contribution in [0, 0.1) is 0 Å². The van der Waals surface area contributed by atoms with Crippen LogP contribution in [0.3, 0.4) is 0 Å². The van der Waals surface area contributed by atoms with Crippen LogP contribution in [0.1, 0.15) is 25.7 Å². The second kappa shape index (κ2) is 8.82. The van der Waals surface area contributed by atoms with Crippen LogP contribution in [0.25, 0.3) is 0 Å². The third-order valence-electron chi connectivity index (χ3n) is 3.34. The minimum Gasteiger partial charge on any atom is -0.494 e. The molecule has 0 saturated heterocycles. The van der Waals surface area contributed by atoms with E-state index in [1.165, 1.54) is 0 Å². The molecule has 0 aliphatic rings. The van der Waals surface area contributed by atoms with Crippen molar-refractivity contribution in [2.24, 2.45) is 0 Å². The van der Waals surface area contributed by atoms with Gasteiger partial charge in [0.25, 0.3) is 0 Å². The van der Waals surface area contributed by atoms with Gasteiger partial charge in [-0.25, -0.2) is 0 Å². The number of ether oxygens (including phenoxy) is 2. The van der Waals surface area contributed by atoms with Crippen molar-refractivity contribution >= 4 is 11.4 Å². The Kier molecular flexibility index (Phi) is 6.42. The van der Waals surface area contributed by atoms with E-state index in [4.69, 9.17) is 20.9 Å². The normalized spacial score (nSPS) is 10.4. The zero-order valence-electron chi connectivity index (χ0n) is 12.8. The maximum atomic E-state index is 5.65. The maximum absolute atomic E-state index is 5.65. The molecule has 2 aromatic rings. The Hall–Kier alpha value is -2.36. The molecular weight excluding hydrogens is 276 g/mol. The van der Waals surface area contributed by atoms with E-state index in [-0.39, 0.29) is 0 Å². The lowest BCUT2D eigenvalue weighted by molar-refractivity contribution is 0.287. The number of nitrogens with two attached hydrogens (primary N) is 2. The SMILES string of the molecule is Nc1ccc(OCCCCCCOc2ccc(N)cc2)cc1. The van der Waals surface area contributed by atoms with Gasteiger partial charge in [-0.3, -0.25) is 0 Å². The van der Waals surface area contributed by atoms with E-state index in [9.17, 15) is 0 Å². The van der Waals surface area contributed by atoms with E-state index >= 15 is 0 Å². The summed E-state index contributed by atoms with van der Waals surface area (Å²) in [7, 11) is 0. The quantitative estimate of drug-likeness (QED) is 0.545. The molecule has 0 amide bonds. The first-order valence-corrected chi connectivity index (χ1v) is 7.71. The molecule has 118 valence electrons. The number of hydrogen-bond acceptors (Lipinski definition) is 4. The molecule has 0 spiro atoms. The van der Waals surface area contributed by atoms with Gasteiger partial charge in [-0.15, -0.1) is 0 Å². The van der Waals surface area contributed by atoms with Gasteiger partial charge >= 0.3 is 0 Å². The lowest BCUT2D eigenvalue weighted by Gasteiger charge is -2.07. The van der Waals surface area contributed by atoms with Gasteiger partial charge in [-0.1, -0.05) is 0 Å². The summed E-state index contributed by atoms with van der Waals surface area (Å²) in [5.41, 5.74) is 12.8. The molecule has 2 rings (SSSR count). The second-order valence-electron chi connectivity index (χ2n) is 5.25. The predicted octanol–water partition coefficient (Wildman–Crippen LogP) is 3.87. The van der Waals surface area contributed by atoms with Crippen molar-refractivity contribution in [3.63, 3.8) is 0 Å². The number of rotatable bonds is 9. The molecule has 0 radical (unpaired) electrons. The zero-order valence-corrected chi connectivity index (χ0v) is 12.8. The largest absolute Gasteiger partial charge is 0.494 e. The Labute approximate surface area is 132 Å². The molecule has 2 aromatic carbocycles. The van der Waals surface area contributed by atoms with Gasteiger partial charge in [0.2, 0.25) is 0 Å². The van der Waals surface area contributed by atoms with Crippen molar-refractivity contribution < 1.29 is 9.47 Å². The van der Waals surface area contributed by atoms with Crippen molar-refractivity contribution in [3.8, 4) is 11.5 Å². The van der Waals surface area contributed by atoms with Gasteiger partial charge in [-0.05, 0) is 74.2 Å². The summed E-state index contributed by atoms with van der Waals surface area (Å²) in [6, 6.07) is 15.0. The van der Waals surface area contributed by atoms with Crippen molar-refractivity contribution in [1.29, 1.82) is 0 Å². The molecule has 0 fully saturated rings. The van der Waals surface area contributed by atoms with E-state index in [2.05, 4.69) is 0 Å². The summed E-state index contributed by atoms with van der Waals surface area (Å²) in [5.74, 6) is 1.75. The van der Waals surface area contributed by atoms with Gasteiger partial charge in [-0.2, -0.15) is 0 Å². The Morgan fingerprint density at radius 1 is 0.545 bits per heavy atom. The van der Waals surface area contributed by atoms with Crippen LogP contribution in [-0.2, 0) is 0 Å². The third-order valence-corrected chi connectivity index (χ3v) is 3.34. The van der Waals surface area contributed by atoms with Gasteiger partial charge < -0.3 is 20.9 Å². The van der Waals surface area contributed by atoms with Gasteiger partial charge in [0.05, 0.1) is 13.2 Å². The standard InChI is InChI=1S/C18H24N2O2/c19-15-5-9-17(10-6-15)21-13-3-1-2-4-14-22-18-11-7-16(20)8-12-18/h5-12H,1-4,13-14,19-20H2. The van der Waals surface area contributed by atoms with Crippen LogP contribution in [0.15, 0.2) is 48.5 Å². The lowest BCUT2D eigenvalue weighted by atomic mass is 10.2. The topological polar surface area (TPSA) is 70.5 Å². The van der Waals surface area contributed by atoms with Crippen LogP contribution in [0.4, 0.5) is 11.4 Å². The molecule has 0 aliphatic heterocycles. The summed E-state index contributed by atoms with van der Waals surface area (Å²) in [5, 5.41) is 0. The molecule has 22 heavy (non-hydrogen) atoms. The number of hydrogen-bond donors (Lipinski definition) is 2. The fourth-order valence-corrected chi connectivity index (χ4v) is 2.07. The first kappa shape index (κ1) is 16.0. The smallest absolute Gasteiger partial charge is 0.119 e. The summed E-state index contributed by atoms with van der Waals surface area (Å²) >= 11 is 0. The molecule has 4 N–H and O–H groups in total. The van der Waals surface area contributed by atoms with Crippen molar-refractivity contribution in [2.45, 2.75) is 25.7 Å². The Morgan fingerprint density at radius 3 is 1.27 bits per heavy atom. The highest BCUT2D eigenvalue weighted by Gasteiger charge is 1.96. The van der Waals surface area contributed by atoms with E-state index in [1.807, 2.05) is 48.5 Å². The number of benzene rings is 2. The predicted molar refractivity (Wildman–Crippen MR) is 91.2 cm³/mol. The van der Waals surface area contributed by atoms with Crippen LogP contribution in [0.5, 0.6) is 11.5 Å². The maximum Gasteiger partial charge on any atom is 0.119 e. The highest BCUT2D eigenvalue weighted by Crippen LogP contribution is 2.15. The highest BCUT2D eigenvalue weighted by atomic mass is 16.5. The lowest BCUT2D eigenvalue weighted by Crippen LogP contribution is -2.00. The molecule has 0 heterocycles. The molecule has 0 saturated carbocycles. The Bertz CT molecular complexity index is 487. The summed E-state index contributed by atoms with van der Waals surface area (Å²) in [6.45, 7) is 1.48. The summed E-state index contributed by atoms with van der Waals surface area (Å²) in [6.07, 6.45) is 4.37. The average molecular weight is 300 g/mol. The second-order valence-corrected chi connectivity index (χ2v) is 5.25. The van der Waals surface area contributed by atoms with E-state index in [0.717, 1.165) is 61.8 Å². The molecule has 0 bridgehead atoms. The van der Waals surface area contributed by atoms with Gasteiger partial charge in [0, 0.05) is 11.4 Å². The fraction of sp³-hybridized carbons (Fsp3) is 0.333. The van der Waals surface area contributed by atoms with Crippen LogP contribution < -0.4 is 20.9 Å². The summed E-state index contributed by atoms with van der Waals surface area (Å²) in [4.78, 5) is 0. The number of anilines is 2. The van der Waals surface area contributed by atoms with Crippen molar-refractivity contribution in [3.05, 3.63) is 48.5 Å². The monoisotopic (exact) mass is 300 g/mol. The third kappa shape index (κ3) is 5.95. The van der Waals surface area contributed by atoms with Crippen LogP contribution in [-0.4, -0.2) is 13.2 Å². The first-order chi connectivity index (χ1) is 10.7. The molecule has 0 aromatic heterocycles. The molecule has 4 nitrogen and oxygen atoms in total. The molecule has 0 unspecified atom stereocenters. The molecular formula is C18H24N2O2. The minimum absolute atomic E-state index is 0.739. The highest BCUT2D eigenvalue weighted by molar-refractivity contribution is 5.42. The van der Waals surface area contributed by atoms with E-state index < -0.39 is 0 Å². The van der Waals surface area contributed by atoms with Crippen LogP contribution >= 0.6 is 0 Å². The summed E-state index contributed by atoms with van der Waals surface area (Å²) < 4.78 is 11.3. The molecule has 0 atom stereocenters.